The van der Waals surface area contributed by atoms with Gasteiger partial charge in [-0.15, -0.1) is 11.3 Å². The first-order chi connectivity index (χ1) is 13.1. The fourth-order valence-electron chi connectivity index (χ4n) is 3.53. The summed E-state index contributed by atoms with van der Waals surface area (Å²) in [4.78, 5) is 19.2. The van der Waals surface area contributed by atoms with Crippen LogP contribution in [0.5, 0.6) is 0 Å². The summed E-state index contributed by atoms with van der Waals surface area (Å²) < 4.78 is 1.91. The zero-order valence-corrected chi connectivity index (χ0v) is 16.4. The number of carbonyl (C=O) groups excluding carboxylic acids is 1. The average Bonchev–Trinajstić information content (AvgIpc) is 3.32. The zero-order valence-electron chi connectivity index (χ0n) is 15.6. The number of aromatic nitrogens is 3. The molecule has 4 rings (SSSR count). The lowest BCUT2D eigenvalue weighted by Gasteiger charge is -2.31. The molecule has 1 aromatic carbocycles. The number of carbonyl (C=O) groups is 1. The fourth-order valence-corrected chi connectivity index (χ4v) is 4.22. The molecule has 0 atom stereocenters. The van der Waals surface area contributed by atoms with Gasteiger partial charge in [0.1, 0.15) is 0 Å². The molecule has 0 aliphatic carbocycles. The van der Waals surface area contributed by atoms with Crippen molar-refractivity contribution < 1.29 is 4.79 Å². The summed E-state index contributed by atoms with van der Waals surface area (Å²) in [6.45, 7) is 5.77. The van der Waals surface area contributed by atoms with Crippen LogP contribution in [0, 0.1) is 19.8 Å². The molecule has 1 aliphatic heterocycles. The van der Waals surface area contributed by atoms with E-state index in [2.05, 4.69) is 20.3 Å². The van der Waals surface area contributed by atoms with E-state index in [4.69, 9.17) is 0 Å². The van der Waals surface area contributed by atoms with Gasteiger partial charge in [-0.1, -0.05) is 0 Å². The Morgan fingerprint density at radius 1 is 1.19 bits per heavy atom. The van der Waals surface area contributed by atoms with E-state index in [1.807, 2.05) is 60.4 Å². The van der Waals surface area contributed by atoms with E-state index in [0.717, 1.165) is 53.8 Å². The van der Waals surface area contributed by atoms with Crippen molar-refractivity contribution in [1.82, 2.24) is 14.8 Å². The van der Waals surface area contributed by atoms with Crippen molar-refractivity contribution in [3.8, 4) is 5.69 Å². The van der Waals surface area contributed by atoms with Crippen LogP contribution in [0.15, 0.2) is 41.9 Å². The summed E-state index contributed by atoms with van der Waals surface area (Å²) >= 11 is 1.65. The van der Waals surface area contributed by atoms with Crippen molar-refractivity contribution in [3.63, 3.8) is 0 Å². The predicted octanol–water partition coefficient (Wildman–Crippen LogP) is 3.80. The first-order valence-corrected chi connectivity index (χ1v) is 10.1. The van der Waals surface area contributed by atoms with E-state index in [-0.39, 0.29) is 11.8 Å². The Bertz CT molecular complexity index is 909. The standard InChI is InChI=1S/C20H23N5OS/c1-14-13-15(2)25(23-14)18-5-3-17(4-6-18)22-19(26)16-7-10-24(11-8-16)20-21-9-12-27-20/h3-6,9,12-13,16H,7-8,10-11H2,1-2H3,(H,22,26). The largest absolute Gasteiger partial charge is 0.348 e. The number of benzene rings is 1. The SMILES string of the molecule is Cc1cc(C)n(-c2ccc(NC(=O)C3CCN(c4nccs4)CC3)cc2)n1. The van der Waals surface area contributed by atoms with Crippen LogP contribution < -0.4 is 10.2 Å². The van der Waals surface area contributed by atoms with Gasteiger partial charge in [0.25, 0.3) is 0 Å². The topological polar surface area (TPSA) is 63.1 Å². The first-order valence-electron chi connectivity index (χ1n) is 9.19. The van der Waals surface area contributed by atoms with Crippen LogP contribution in [0.25, 0.3) is 5.69 Å². The van der Waals surface area contributed by atoms with Crippen LogP contribution in [-0.4, -0.2) is 33.8 Å². The Kier molecular flexibility index (Phi) is 4.94. The number of hydrogen-bond donors (Lipinski definition) is 1. The van der Waals surface area contributed by atoms with E-state index in [0.29, 0.717) is 0 Å². The van der Waals surface area contributed by atoms with Gasteiger partial charge in [0.05, 0.1) is 11.4 Å². The normalized spacial score (nSPS) is 15.1. The molecule has 0 radical (unpaired) electrons. The van der Waals surface area contributed by atoms with Crippen LogP contribution in [0.2, 0.25) is 0 Å². The number of nitrogens with zero attached hydrogens (tertiary/aromatic N) is 4. The summed E-state index contributed by atoms with van der Waals surface area (Å²) in [5, 5.41) is 10.6. The van der Waals surface area contributed by atoms with Crippen molar-refractivity contribution in [3.05, 3.63) is 53.3 Å². The third-order valence-corrected chi connectivity index (χ3v) is 5.78. The van der Waals surface area contributed by atoms with Crippen molar-refractivity contribution in [2.75, 3.05) is 23.3 Å². The molecule has 1 amide bonds. The number of piperidine rings is 1. The highest BCUT2D eigenvalue weighted by Crippen LogP contribution is 2.26. The molecule has 1 fully saturated rings. The molecular weight excluding hydrogens is 358 g/mol. The molecule has 3 heterocycles. The molecule has 0 spiro atoms. The van der Waals surface area contributed by atoms with Gasteiger partial charge in [-0.05, 0) is 57.0 Å². The minimum Gasteiger partial charge on any atom is -0.348 e. The van der Waals surface area contributed by atoms with E-state index >= 15 is 0 Å². The zero-order chi connectivity index (χ0) is 18.8. The number of aryl methyl sites for hydroxylation is 2. The Morgan fingerprint density at radius 3 is 2.52 bits per heavy atom. The summed E-state index contributed by atoms with van der Waals surface area (Å²) in [6, 6.07) is 9.90. The van der Waals surface area contributed by atoms with Gasteiger partial charge in [-0.2, -0.15) is 5.10 Å². The van der Waals surface area contributed by atoms with Gasteiger partial charge < -0.3 is 10.2 Å². The van der Waals surface area contributed by atoms with E-state index in [1.54, 1.807) is 11.3 Å². The van der Waals surface area contributed by atoms with Crippen molar-refractivity contribution >= 4 is 28.1 Å². The number of thiazole rings is 1. The van der Waals surface area contributed by atoms with Crippen LogP contribution >= 0.6 is 11.3 Å². The number of nitrogens with one attached hydrogen (secondary N) is 1. The maximum atomic E-state index is 12.6. The smallest absolute Gasteiger partial charge is 0.227 e. The van der Waals surface area contributed by atoms with Crippen LogP contribution in [0.4, 0.5) is 10.8 Å². The van der Waals surface area contributed by atoms with Gasteiger partial charge >= 0.3 is 0 Å². The van der Waals surface area contributed by atoms with Gasteiger partial charge in [0.2, 0.25) is 5.91 Å². The summed E-state index contributed by atoms with van der Waals surface area (Å²) in [7, 11) is 0. The number of anilines is 2. The molecule has 1 aliphatic rings. The van der Waals surface area contributed by atoms with Crippen LogP contribution in [-0.2, 0) is 4.79 Å². The number of rotatable bonds is 4. The van der Waals surface area contributed by atoms with Crippen LogP contribution in [0.1, 0.15) is 24.2 Å². The molecule has 6 nitrogen and oxygen atoms in total. The first kappa shape index (κ1) is 17.7. The highest BCUT2D eigenvalue weighted by atomic mass is 32.1. The summed E-state index contributed by atoms with van der Waals surface area (Å²) in [5.41, 5.74) is 3.91. The van der Waals surface area contributed by atoms with Crippen molar-refractivity contribution in [2.45, 2.75) is 26.7 Å². The molecule has 0 saturated carbocycles. The third kappa shape index (κ3) is 3.88. The second kappa shape index (κ2) is 7.52. The highest BCUT2D eigenvalue weighted by molar-refractivity contribution is 7.13. The second-order valence-electron chi connectivity index (χ2n) is 6.95. The van der Waals surface area contributed by atoms with Crippen LogP contribution in [0.3, 0.4) is 0 Å². The number of amides is 1. The van der Waals surface area contributed by atoms with E-state index in [1.165, 1.54) is 0 Å². The second-order valence-corrected chi connectivity index (χ2v) is 7.82. The monoisotopic (exact) mass is 381 g/mol. The Morgan fingerprint density at radius 2 is 1.93 bits per heavy atom. The Labute approximate surface area is 162 Å². The summed E-state index contributed by atoms with van der Waals surface area (Å²) in [6.07, 6.45) is 3.54. The van der Waals surface area contributed by atoms with Crippen molar-refractivity contribution in [2.24, 2.45) is 5.92 Å². The Hall–Kier alpha value is -2.67. The molecule has 7 heteroatoms. The maximum absolute atomic E-state index is 12.6. The number of hydrogen-bond acceptors (Lipinski definition) is 5. The third-order valence-electron chi connectivity index (χ3n) is 4.94. The average molecular weight is 382 g/mol. The molecule has 2 aromatic heterocycles. The molecule has 140 valence electrons. The molecule has 0 unspecified atom stereocenters. The Balaban J connectivity index is 1.35. The van der Waals surface area contributed by atoms with Gasteiger partial charge in [-0.25, -0.2) is 9.67 Å². The van der Waals surface area contributed by atoms with E-state index < -0.39 is 0 Å². The quantitative estimate of drug-likeness (QED) is 0.747. The molecule has 0 bridgehead atoms. The minimum absolute atomic E-state index is 0.0527. The summed E-state index contributed by atoms with van der Waals surface area (Å²) in [5.74, 6) is 0.157. The van der Waals surface area contributed by atoms with Gasteiger partial charge in [0, 0.05) is 42.0 Å². The minimum atomic E-state index is 0.0527. The molecule has 1 N–H and O–H groups in total. The fraction of sp³-hybridized carbons (Fsp3) is 0.350. The van der Waals surface area contributed by atoms with Crippen molar-refractivity contribution in [1.29, 1.82) is 0 Å². The highest BCUT2D eigenvalue weighted by Gasteiger charge is 2.26. The van der Waals surface area contributed by atoms with Gasteiger partial charge in [-0.3, -0.25) is 4.79 Å². The lowest BCUT2D eigenvalue weighted by Crippen LogP contribution is -2.38. The molecule has 27 heavy (non-hydrogen) atoms. The lowest BCUT2D eigenvalue weighted by molar-refractivity contribution is -0.120. The van der Waals surface area contributed by atoms with E-state index in [9.17, 15) is 4.79 Å². The maximum Gasteiger partial charge on any atom is 0.227 e. The molecular formula is C20H23N5OS. The van der Waals surface area contributed by atoms with Gasteiger partial charge in [0.15, 0.2) is 5.13 Å². The predicted molar refractivity (Wildman–Crippen MR) is 109 cm³/mol. The molecule has 3 aromatic rings. The molecule has 1 saturated heterocycles. The lowest BCUT2D eigenvalue weighted by atomic mass is 9.96.